The number of allylic oxidation sites excluding steroid dienone is 16. The smallest absolute Gasteiger partial charge is 0.306 e. The standard InChI is InChI=1S/C57H94O6/c1-4-7-10-13-16-19-22-25-27-29-31-32-35-38-41-44-47-50-56(59)62-53-54(52-61-55(58)49-46-43-40-37-34-24-21-18-15-12-9-6-3)63-57(60)51-48-45-42-39-36-33-30-28-26-23-20-17-14-11-8-5-2/h8-9,11-12,17-18,20-21,25-28,33,36,42,45,54H,4-7,10,13-16,19,22-24,29-32,34-35,37-41,43-44,46-53H2,1-3H3/b11-8-,12-9-,20-17-,21-18-,27-25-,28-26-,36-33-,45-42-. The normalized spacial score (nSPS) is 12.9. The van der Waals surface area contributed by atoms with Gasteiger partial charge in [-0.3, -0.25) is 14.4 Å². The first-order valence-corrected chi connectivity index (χ1v) is 25.7. The SMILES string of the molecule is CC/C=C\C/C=C\C/C=C\C/C=C\C/C=C\CCC(=O)OC(COC(=O)CCCCCCC/C=C\C/C=C\CC)COC(=O)CCCCCCCCC/C=C\CCCCCCCC. The number of esters is 3. The maximum atomic E-state index is 12.8. The van der Waals surface area contributed by atoms with Gasteiger partial charge in [0.1, 0.15) is 13.2 Å². The highest BCUT2D eigenvalue weighted by Gasteiger charge is 2.19. The molecule has 0 heterocycles. The molecule has 6 nitrogen and oxygen atoms in total. The minimum absolute atomic E-state index is 0.115. The maximum absolute atomic E-state index is 12.8. The van der Waals surface area contributed by atoms with Gasteiger partial charge in [0.2, 0.25) is 0 Å². The van der Waals surface area contributed by atoms with Crippen LogP contribution >= 0.6 is 0 Å². The average Bonchev–Trinajstić information content (AvgIpc) is 3.28. The first-order chi connectivity index (χ1) is 31.0. The van der Waals surface area contributed by atoms with E-state index in [9.17, 15) is 14.4 Å². The van der Waals surface area contributed by atoms with Crippen LogP contribution in [-0.4, -0.2) is 37.2 Å². The fraction of sp³-hybridized carbons (Fsp3) is 0.667. The summed E-state index contributed by atoms with van der Waals surface area (Å²) in [7, 11) is 0. The van der Waals surface area contributed by atoms with Crippen molar-refractivity contribution in [2.75, 3.05) is 13.2 Å². The number of rotatable bonds is 45. The second-order valence-corrected chi connectivity index (χ2v) is 16.7. The summed E-state index contributed by atoms with van der Waals surface area (Å²) in [4.78, 5) is 37.9. The Hall–Kier alpha value is -3.67. The van der Waals surface area contributed by atoms with Gasteiger partial charge in [-0.15, -0.1) is 0 Å². The van der Waals surface area contributed by atoms with Gasteiger partial charge in [0.15, 0.2) is 6.10 Å². The van der Waals surface area contributed by atoms with Crippen molar-refractivity contribution < 1.29 is 28.6 Å². The molecular formula is C57H94O6. The molecule has 0 aromatic carbocycles. The Labute approximate surface area is 387 Å². The zero-order valence-corrected chi connectivity index (χ0v) is 40.8. The maximum Gasteiger partial charge on any atom is 0.306 e. The van der Waals surface area contributed by atoms with Gasteiger partial charge in [0.25, 0.3) is 0 Å². The second-order valence-electron chi connectivity index (χ2n) is 16.7. The van der Waals surface area contributed by atoms with Crippen LogP contribution in [0.25, 0.3) is 0 Å². The number of hydrogen-bond acceptors (Lipinski definition) is 6. The molecule has 0 aliphatic carbocycles. The second kappa shape index (κ2) is 51.0. The first-order valence-electron chi connectivity index (χ1n) is 25.7. The lowest BCUT2D eigenvalue weighted by Gasteiger charge is -2.18. The number of ether oxygens (including phenoxy) is 3. The zero-order valence-electron chi connectivity index (χ0n) is 40.8. The molecule has 0 aromatic heterocycles. The summed E-state index contributed by atoms with van der Waals surface area (Å²) in [6.07, 6.45) is 66.9. The zero-order chi connectivity index (χ0) is 45.8. The van der Waals surface area contributed by atoms with E-state index in [1.807, 2.05) is 12.2 Å². The van der Waals surface area contributed by atoms with Gasteiger partial charge in [0.05, 0.1) is 0 Å². The third kappa shape index (κ3) is 49.2. The highest BCUT2D eigenvalue weighted by molar-refractivity contribution is 5.71. The summed E-state index contributed by atoms with van der Waals surface area (Å²) in [6.45, 7) is 6.32. The molecule has 0 saturated heterocycles. The van der Waals surface area contributed by atoms with Crippen LogP contribution < -0.4 is 0 Å². The van der Waals surface area contributed by atoms with E-state index in [0.29, 0.717) is 19.3 Å². The van der Waals surface area contributed by atoms with Gasteiger partial charge >= 0.3 is 17.9 Å². The fourth-order valence-corrected chi connectivity index (χ4v) is 6.76. The highest BCUT2D eigenvalue weighted by Crippen LogP contribution is 2.13. The number of hydrogen-bond donors (Lipinski definition) is 0. The molecule has 358 valence electrons. The summed E-state index contributed by atoms with van der Waals surface area (Å²) in [5, 5.41) is 0. The summed E-state index contributed by atoms with van der Waals surface area (Å²) in [5.74, 6) is -1.02. The van der Waals surface area contributed by atoms with E-state index in [1.54, 1.807) is 0 Å². The van der Waals surface area contributed by atoms with E-state index >= 15 is 0 Å². The van der Waals surface area contributed by atoms with E-state index in [-0.39, 0.29) is 31.6 Å². The van der Waals surface area contributed by atoms with Crippen LogP contribution in [-0.2, 0) is 28.6 Å². The quantitative estimate of drug-likeness (QED) is 0.0262. The van der Waals surface area contributed by atoms with Crippen LogP contribution in [0.4, 0.5) is 0 Å². The van der Waals surface area contributed by atoms with Gasteiger partial charge in [-0.2, -0.15) is 0 Å². The van der Waals surface area contributed by atoms with Crippen LogP contribution in [0.15, 0.2) is 97.2 Å². The van der Waals surface area contributed by atoms with E-state index in [2.05, 4.69) is 106 Å². The van der Waals surface area contributed by atoms with Crippen molar-refractivity contribution in [3.05, 3.63) is 97.2 Å². The third-order valence-corrected chi connectivity index (χ3v) is 10.6. The van der Waals surface area contributed by atoms with Crippen molar-refractivity contribution in [3.8, 4) is 0 Å². The van der Waals surface area contributed by atoms with Gasteiger partial charge < -0.3 is 14.2 Å². The number of carbonyl (C=O) groups is 3. The molecule has 0 aliphatic heterocycles. The minimum Gasteiger partial charge on any atom is -0.462 e. The molecule has 0 N–H and O–H groups in total. The lowest BCUT2D eigenvalue weighted by atomic mass is 10.1. The Balaban J connectivity index is 4.50. The molecule has 0 aliphatic rings. The lowest BCUT2D eigenvalue weighted by Crippen LogP contribution is -2.30. The summed E-state index contributed by atoms with van der Waals surface area (Å²) in [6, 6.07) is 0. The largest absolute Gasteiger partial charge is 0.462 e. The molecule has 0 aromatic rings. The van der Waals surface area contributed by atoms with E-state index in [0.717, 1.165) is 103 Å². The van der Waals surface area contributed by atoms with Crippen LogP contribution in [0.5, 0.6) is 0 Å². The minimum atomic E-state index is -0.824. The molecular weight excluding hydrogens is 781 g/mol. The van der Waals surface area contributed by atoms with Crippen LogP contribution in [0, 0.1) is 0 Å². The monoisotopic (exact) mass is 875 g/mol. The molecule has 0 spiro atoms. The van der Waals surface area contributed by atoms with Crippen molar-refractivity contribution in [2.24, 2.45) is 0 Å². The molecule has 1 atom stereocenters. The Bertz CT molecular complexity index is 1280. The van der Waals surface area contributed by atoms with E-state index < -0.39 is 12.1 Å². The van der Waals surface area contributed by atoms with Crippen molar-refractivity contribution >= 4 is 17.9 Å². The summed E-state index contributed by atoms with van der Waals surface area (Å²) >= 11 is 0. The molecule has 0 rings (SSSR count). The summed E-state index contributed by atoms with van der Waals surface area (Å²) < 4.78 is 16.7. The third-order valence-electron chi connectivity index (χ3n) is 10.6. The Morgan fingerprint density at radius 3 is 1.05 bits per heavy atom. The van der Waals surface area contributed by atoms with Gasteiger partial charge in [-0.1, -0.05) is 201 Å². The first kappa shape index (κ1) is 59.3. The molecule has 1 unspecified atom stereocenters. The predicted octanol–water partition coefficient (Wildman–Crippen LogP) is 17.0. The van der Waals surface area contributed by atoms with Gasteiger partial charge in [0, 0.05) is 19.3 Å². The van der Waals surface area contributed by atoms with E-state index in [4.69, 9.17) is 14.2 Å². The molecule has 0 radical (unpaired) electrons. The predicted molar refractivity (Wildman–Crippen MR) is 270 cm³/mol. The van der Waals surface area contributed by atoms with Crippen LogP contribution in [0.3, 0.4) is 0 Å². The van der Waals surface area contributed by atoms with Gasteiger partial charge in [-0.05, 0) is 103 Å². The van der Waals surface area contributed by atoms with Crippen molar-refractivity contribution in [3.63, 3.8) is 0 Å². The molecule has 63 heavy (non-hydrogen) atoms. The van der Waals surface area contributed by atoms with Crippen LogP contribution in [0.2, 0.25) is 0 Å². The lowest BCUT2D eigenvalue weighted by molar-refractivity contribution is -0.166. The Morgan fingerprint density at radius 1 is 0.333 bits per heavy atom. The topological polar surface area (TPSA) is 78.9 Å². The Morgan fingerprint density at radius 2 is 0.651 bits per heavy atom. The van der Waals surface area contributed by atoms with Gasteiger partial charge in [-0.25, -0.2) is 0 Å². The average molecular weight is 875 g/mol. The summed E-state index contributed by atoms with van der Waals surface area (Å²) in [5.41, 5.74) is 0. The van der Waals surface area contributed by atoms with Crippen molar-refractivity contribution in [2.45, 2.75) is 232 Å². The molecule has 0 saturated carbocycles. The number of unbranched alkanes of at least 4 members (excludes halogenated alkanes) is 18. The van der Waals surface area contributed by atoms with Crippen molar-refractivity contribution in [1.29, 1.82) is 0 Å². The fourth-order valence-electron chi connectivity index (χ4n) is 6.76. The molecule has 0 fully saturated rings. The highest BCUT2D eigenvalue weighted by atomic mass is 16.6. The number of carbonyl (C=O) groups excluding carboxylic acids is 3. The van der Waals surface area contributed by atoms with E-state index in [1.165, 1.54) is 77.0 Å². The van der Waals surface area contributed by atoms with Crippen molar-refractivity contribution in [1.82, 2.24) is 0 Å². The molecule has 6 heteroatoms. The molecule has 0 amide bonds. The molecule has 0 bridgehead atoms. The Kier molecular flexibility index (Phi) is 48.0. The van der Waals surface area contributed by atoms with Crippen LogP contribution in [0.1, 0.15) is 226 Å².